The van der Waals surface area contributed by atoms with Crippen LogP contribution in [-0.4, -0.2) is 16.1 Å². The lowest BCUT2D eigenvalue weighted by Crippen LogP contribution is -2.41. The van der Waals surface area contributed by atoms with Crippen LogP contribution in [0, 0.1) is 0 Å². The minimum atomic E-state index is -1.16. The number of phenolic OH excluding ortho intramolecular Hbond substituents is 2. The van der Waals surface area contributed by atoms with Gasteiger partial charge in [0.15, 0.2) is 0 Å². The van der Waals surface area contributed by atoms with Gasteiger partial charge in [0.1, 0.15) is 16.9 Å². The molecule has 4 heteroatoms. The third kappa shape index (κ3) is 2.09. The highest BCUT2D eigenvalue weighted by atomic mass is 16.3. The van der Waals surface area contributed by atoms with Crippen molar-refractivity contribution in [3.8, 4) is 11.5 Å². The molecule has 0 heterocycles. The van der Waals surface area contributed by atoms with Crippen molar-refractivity contribution in [2.75, 3.05) is 0 Å². The van der Waals surface area contributed by atoms with Crippen LogP contribution < -0.4 is 5.73 Å². The Morgan fingerprint density at radius 2 is 1.80 bits per heavy atom. The Morgan fingerprint density at radius 3 is 2.35 bits per heavy atom. The zero-order valence-corrected chi connectivity index (χ0v) is 11.2. The van der Waals surface area contributed by atoms with Gasteiger partial charge >= 0.3 is 0 Å². The smallest absolute Gasteiger partial charge is 0.232 e. The van der Waals surface area contributed by atoms with Crippen LogP contribution in [0.15, 0.2) is 48.5 Å². The molecule has 20 heavy (non-hydrogen) atoms. The van der Waals surface area contributed by atoms with E-state index in [2.05, 4.69) is 0 Å². The first-order valence-corrected chi connectivity index (χ1v) is 6.40. The van der Waals surface area contributed by atoms with Crippen molar-refractivity contribution in [2.24, 2.45) is 5.73 Å². The number of amides is 1. The van der Waals surface area contributed by atoms with Crippen LogP contribution in [0.4, 0.5) is 0 Å². The Labute approximate surface area is 117 Å². The summed E-state index contributed by atoms with van der Waals surface area (Å²) in [5, 5.41) is 19.8. The zero-order valence-electron chi connectivity index (χ0n) is 11.2. The van der Waals surface area contributed by atoms with Crippen LogP contribution in [0.2, 0.25) is 0 Å². The van der Waals surface area contributed by atoms with E-state index in [1.54, 1.807) is 12.1 Å². The molecule has 4 N–H and O–H groups in total. The zero-order chi connectivity index (χ0) is 14.8. The number of nitrogens with two attached hydrogens (primary N) is 1. The van der Waals surface area contributed by atoms with Gasteiger partial charge in [-0.05, 0) is 30.2 Å². The maximum absolute atomic E-state index is 12.1. The SMILES string of the molecule is CCC(C(N)=O)(c1ccccc1)c1cc(O)ccc1O. The van der Waals surface area contributed by atoms with E-state index in [1.165, 1.54) is 18.2 Å². The largest absolute Gasteiger partial charge is 0.508 e. The summed E-state index contributed by atoms with van der Waals surface area (Å²) in [5.41, 5.74) is 5.48. The van der Waals surface area contributed by atoms with Crippen LogP contribution in [-0.2, 0) is 10.2 Å². The quantitative estimate of drug-likeness (QED) is 0.746. The second kappa shape index (κ2) is 5.25. The summed E-state index contributed by atoms with van der Waals surface area (Å²) < 4.78 is 0. The number of benzene rings is 2. The summed E-state index contributed by atoms with van der Waals surface area (Å²) in [4.78, 5) is 12.1. The molecule has 0 radical (unpaired) electrons. The molecule has 0 aliphatic carbocycles. The lowest BCUT2D eigenvalue weighted by molar-refractivity contribution is -0.122. The van der Waals surface area contributed by atoms with Gasteiger partial charge in [-0.15, -0.1) is 0 Å². The molecule has 1 atom stereocenters. The second-order valence-electron chi connectivity index (χ2n) is 4.69. The predicted molar refractivity (Wildman–Crippen MR) is 76.5 cm³/mol. The summed E-state index contributed by atoms with van der Waals surface area (Å²) in [7, 11) is 0. The number of hydrogen-bond acceptors (Lipinski definition) is 3. The normalized spacial score (nSPS) is 13.7. The van der Waals surface area contributed by atoms with E-state index >= 15 is 0 Å². The molecule has 104 valence electrons. The topological polar surface area (TPSA) is 83.6 Å². The van der Waals surface area contributed by atoms with E-state index in [0.717, 1.165) is 0 Å². The Bertz CT molecular complexity index is 625. The highest BCUT2D eigenvalue weighted by Gasteiger charge is 2.40. The number of rotatable bonds is 4. The highest BCUT2D eigenvalue weighted by Crippen LogP contribution is 2.41. The number of aromatic hydroxyl groups is 2. The predicted octanol–water partition coefficient (Wildman–Crippen LogP) is 2.28. The first-order chi connectivity index (χ1) is 9.52. The molecule has 0 bridgehead atoms. The summed E-state index contributed by atoms with van der Waals surface area (Å²) in [5.74, 6) is -0.646. The number of phenols is 2. The minimum Gasteiger partial charge on any atom is -0.508 e. The lowest BCUT2D eigenvalue weighted by Gasteiger charge is -2.31. The van der Waals surface area contributed by atoms with Gasteiger partial charge in [-0.3, -0.25) is 4.79 Å². The van der Waals surface area contributed by atoms with Gasteiger partial charge in [0, 0.05) is 5.56 Å². The van der Waals surface area contributed by atoms with E-state index < -0.39 is 11.3 Å². The summed E-state index contributed by atoms with van der Waals surface area (Å²) in [6, 6.07) is 13.1. The monoisotopic (exact) mass is 271 g/mol. The van der Waals surface area contributed by atoms with Gasteiger partial charge in [-0.2, -0.15) is 0 Å². The number of primary amides is 1. The summed E-state index contributed by atoms with van der Waals surface area (Å²) in [6.07, 6.45) is 0.378. The summed E-state index contributed by atoms with van der Waals surface area (Å²) in [6.45, 7) is 1.82. The number of carbonyl (C=O) groups is 1. The molecule has 2 aromatic carbocycles. The minimum absolute atomic E-state index is 0.0205. The number of hydrogen-bond donors (Lipinski definition) is 3. The maximum Gasteiger partial charge on any atom is 0.232 e. The lowest BCUT2D eigenvalue weighted by atomic mass is 9.71. The molecular formula is C16H17NO3. The Balaban J connectivity index is 2.76. The van der Waals surface area contributed by atoms with Crippen molar-refractivity contribution in [3.63, 3.8) is 0 Å². The van der Waals surface area contributed by atoms with Gasteiger partial charge in [-0.25, -0.2) is 0 Å². The van der Waals surface area contributed by atoms with Crippen LogP contribution >= 0.6 is 0 Å². The molecule has 0 aromatic heterocycles. The van der Waals surface area contributed by atoms with Crippen molar-refractivity contribution in [1.29, 1.82) is 0 Å². The molecule has 1 amide bonds. The Kier molecular flexibility index (Phi) is 3.66. The molecule has 0 spiro atoms. The van der Waals surface area contributed by atoms with Crippen LogP contribution in [0.5, 0.6) is 11.5 Å². The molecule has 0 saturated carbocycles. The van der Waals surface area contributed by atoms with E-state index in [0.29, 0.717) is 17.5 Å². The third-order valence-electron chi connectivity index (χ3n) is 3.66. The van der Waals surface area contributed by atoms with Crippen molar-refractivity contribution in [2.45, 2.75) is 18.8 Å². The van der Waals surface area contributed by atoms with Gasteiger partial charge in [-0.1, -0.05) is 37.3 Å². The molecule has 2 rings (SSSR count). The standard InChI is InChI=1S/C16H17NO3/c1-2-16(15(17)20,11-6-4-3-5-7-11)13-10-12(18)8-9-14(13)19/h3-10,18-19H,2H2,1H3,(H2,17,20). The Morgan fingerprint density at radius 1 is 1.15 bits per heavy atom. The average molecular weight is 271 g/mol. The Hall–Kier alpha value is -2.49. The number of carbonyl (C=O) groups excluding carboxylic acids is 1. The first kappa shape index (κ1) is 13.9. The molecule has 1 unspecified atom stereocenters. The fourth-order valence-corrected chi connectivity index (χ4v) is 2.59. The van der Waals surface area contributed by atoms with E-state index in [1.807, 2.05) is 25.1 Å². The molecular weight excluding hydrogens is 254 g/mol. The molecule has 2 aromatic rings. The van der Waals surface area contributed by atoms with Gasteiger partial charge in [0.05, 0.1) is 0 Å². The highest BCUT2D eigenvalue weighted by molar-refractivity contribution is 5.91. The van der Waals surface area contributed by atoms with Crippen molar-refractivity contribution >= 4 is 5.91 Å². The molecule has 4 nitrogen and oxygen atoms in total. The maximum atomic E-state index is 12.1. The van der Waals surface area contributed by atoms with Gasteiger partial charge in [0.25, 0.3) is 0 Å². The van der Waals surface area contributed by atoms with Crippen LogP contribution in [0.25, 0.3) is 0 Å². The van der Waals surface area contributed by atoms with Gasteiger partial charge < -0.3 is 15.9 Å². The van der Waals surface area contributed by atoms with Gasteiger partial charge in [0.2, 0.25) is 5.91 Å². The van der Waals surface area contributed by atoms with E-state index in [4.69, 9.17) is 5.73 Å². The molecule has 0 saturated heterocycles. The molecule has 0 aliphatic rings. The second-order valence-corrected chi connectivity index (χ2v) is 4.69. The fourth-order valence-electron chi connectivity index (χ4n) is 2.59. The first-order valence-electron chi connectivity index (χ1n) is 6.40. The van der Waals surface area contributed by atoms with Crippen molar-refractivity contribution in [3.05, 3.63) is 59.7 Å². The van der Waals surface area contributed by atoms with E-state index in [-0.39, 0.29) is 11.5 Å². The van der Waals surface area contributed by atoms with Crippen molar-refractivity contribution < 1.29 is 15.0 Å². The molecule has 0 fully saturated rings. The average Bonchev–Trinajstić information content (AvgIpc) is 2.45. The fraction of sp³-hybridized carbons (Fsp3) is 0.188. The molecule has 0 aliphatic heterocycles. The van der Waals surface area contributed by atoms with Crippen molar-refractivity contribution in [1.82, 2.24) is 0 Å². The van der Waals surface area contributed by atoms with Crippen LogP contribution in [0.1, 0.15) is 24.5 Å². The van der Waals surface area contributed by atoms with E-state index in [9.17, 15) is 15.0 Å². The van der Waals surface area contributed by atoms with Crippen LogP contribution in [0.3, 0.4) is 0 Å². The third-order valence-corrected chi connectivity index (χ3v) is 3.66. The summed E-state index contributed by atoms with van der Waals surface area (Å²) >= 11 is 0.